The predicted octanol–water partition coefficient (Wildman–Crippen LogP) is 3.13. The molecule has 3 rings (SSSR count). The normalized spacial score (nSPS) is 10.9. The fourth-order valence-corrected chi connectivity index (χ4v) is 4.26. The van der Waals surface area contributed by atoms with E-state index in [0.29, 0.717) is 12.1 Å². The number of rotatable bonds is 11. The van der Waals surface area contributed by atoms with Gasteiger partial charge in [0.25, 0.3) is 21.8 Å². The molecule has 0 aliphatic heterocycles. The van der Waals surface area contributed by atoms with Crippen LogP contribution in [0.4, 0.5) is 0 Å². The van der Waals surface area contributed by atoms with Crippen molar-refractivity contribution >= 4 is 27.8 Å². The maximum Gasteiger partial charge on any atom is 0.356 e. The minimum absolute atomic E-state index is 0.00122. The Morgan fingerprint density at radius 2 is 1.56 bits per heavy atom. The Morgan fingerprint density at radius 1 is 0.861 bits per heavy atom. The number of hydrogen-bond donors (Lipinski definition) is 2. The van der Waals surface area contributed by atoms with Gasteiger partial charge in [0.2, 0.25) is 0 Å². The topological polar surface area (TPSA) is 132 Å². The summed E-state index contributed by atoms with van der Waals surface area (Å²) in [6, 6.07) is 17.9. The Labute approximate surface area is 210 Å². The molecule has 10 heteroatoms. The predicted molar refractivity (Wildman–Crippen MR) is 133 cm³/mol. The van der Waals surface area contributed by atoms with E-state index >= 15 is 0 Å². The van der Waals surface area contributed by atoms with Gasteiger partial charge in [0, 0.05) is 18.3 Å². The fraction of sp³-hybridized carbons (Fsp3) is 0.231. The largest absolute Gasteiger partial charge is 0.461 e. The molecule has 0 aliphatic rings. The summed E-state index contributed by atoms with van der Waals surface area (Å²) in [7, 11) is -4.19. The number of carbonyl (C=O) groups is 3. The third-order valence-electron chi connectivity index (χ3n) is 5.18. The maximum atomic E-state index is 12.6. The Bertz CT molecular complexity index is 1290. The molecule has 1 aromatic heterocycles. The van der Waals surface area contributed by atoms with Gasteiger partial charge < -0.3 is 10.1 Å². The van der Waals surface area contributed by atoms with Crippen molar-refractivity contribution in [2.24, 2.45) is 0 Å². The first-order chi connectivity index (χ1) is 17.3. The van der Waals surface area contributed by atoms with Gasteiger partial charge in [-0.05, 0) is 68.1 Å². The second kappa shape index (κ2) is 12.6. The Balaban J connectivity index is 1.51. The lowest BCUT2D eigenvalue weighted by Gasteiger charge is -2.09. The molecule has 2 amide bonds. The number of ether oxygens (including phenoxy) is 1. The van der Waals surface area contributed by atoms with Gasteiger partial charge in [0.1, 0.15) is 5.69 Å². The number of aryl methyl sites for hydroxylation is 1. The number of nitrogens with zero attached hydrogens (tertiary/aromatic N) is 1. The van der Waals surface area contributed by atoms with E-state index < -0.39 is 21.9 Å². The molecule has 2 aromatic carbocycles. The Hall–Kier alpha value is -4.05. The van der Waals surface area contributed by atoms with Crippen LogP contribution in [0.1, 0.15) is 56.5 Å². The van der Waals surface area contributed by atoms with Gasteiger partial charge >= 0.3 is 5.97 Å². The summed E-state index contributed by atoms with van der Waals surface area (Å²) in [5.74, 6) is -1.86. The smallest absolute Gasteiger partial charge is 0.356 e. The molecule has 0 radical (unpaired) electrons. The molecule has 1 heterocycles. The van der Waals surface area contributed by atoms with Crippen LogP contribution < -0.4 is 10.0 Å². The van der Waals surface area contributed by atoms with E-state index in [2.05, 4.69) is 22.4 Å². The lowest BCUT2D eigenvalue weighted by atomic mass is 10.1. The summed E-state index contributed by atoms with van der Waals surface area (Å²) >= 11 is 0. The Kier molecular flexibility index (Phi) is 9.29. The zero-order valence-corrected chi connectivity index (χ0v) is 20.6. The van der Waals surface area contributed by atoms with Crippen LogP contribution >= 0.6 is 0 Å². The van der Waals surface area contributed by atoms with E-state index in [-0.39, 0.29) is 28.7 Å². The molecule has 0 bridgehead atoms. The molecule has 0 saturated heterocycles. The van der Waals surface area contributed by atoms with Crippen molar-refractivity contribution in [3.8, 4) is 0 Å². The van der Waals surface area contributed by atoms with Crippen LogP contribution in [0.5, 0.6) is 0 Å². The summed E-state index contributed by atoms with van der Waals surface area (Å²) in [6.07, 6.45) is 3.77. The number of benzene rings is 2. The molecule has 0 fully saturated rings. The number of unbranched alkanes of at least 4 members (excludes halogenated alkanes) is 1. The second-order valence-electron chi connectivity index (χ2n) is 7.81. The van der Waals surface area contributed by atoms with Gasteiger partial charge in [-0.25, -0.2) is 22.9 Å². The average Bonchev–Trinajstić information content (AvgIpc) is 2.89. The van der Waals surface area contributed by atoms with Crippen LogP contribution in [0.15, 0.2) is 77.8 Å². The van der Waals surface area contributed by atoms with E-state index in [1.807, 2.05) is 22.9 Å². The monoisotopic (exact) mass is 509 g/mol. The average molecular weight is 510 g/mol. The highest BCUT2D eigenvalue weighted by atomic mass is 32.2. The number of sulfonamides is 1. The molecule has 0 atom stereocenters. The third kappa shape index (κ3) is 7.47. The summed E-state index contributed by atoms with van der Waals surface area (Å²) < 4.78 is 31.9. The van der Waals surface area contributed by atoms with Gasteiger partial charge in [0.15, 0.2) is 0 Å². The highest BCUT2D eigenvalue weighted by Crippen LogP contribution is 2.12. The number of nitrogens with one attached hydrogen (secondary N) is 2. The molecule has 2 N–H and O–H groups in total. The van der Waals surface area contributed by atoms with Crippen molar-refractivity contribution in [1.29, 1.82) is 0 Å². The second-order valence-corrected chi connectivity index (χ2v) is 9.49. The molecule has 188 valence electrons. The van der Waals surface area contributed by atoms with E-state index in [4.69, 9.17) is 4.74 Å². The molecule has 9 nitrogen and oxygen atoms in total. The van der Waals surface area contributed by atoms with Crippen molar-refractivity contribution < 1.29 is 27.5 Å². The van der Waals surface area contributed by atoms with E-state index in [9.17, 15) is 22.8 Å². The van der Waals surface area contributed by atoms with Gasteiger partial charge in [-0.2, -0.15) is 0 Å². The molecular weight excluding hydrogens is 482 g/mol. The number of carbonyl (C=O) groups excluding carboxylic acids is 3. The number of aromatic nitrogens is 1. The first-order valence-electron chi connectivity index (χ1n) is 11.4. The molecule has 0 unspecified atom stereocenters. The van der Waals surface area contributed by atoms with E-state index in [1.54, 1.807) is 6.92 Å². The van der Waals surface area contributed by atoms with E-state index in [1.165, 1.54) is 42.0 Å². The SMILES string of the molecule is CCOC(=O)c1ccc(C(=O)NS(=O)(=O)c2ccc(C(=O)NCCCCc3ccccc3)cc2)cn1. The van der Waals surface area contributed by atoms with Gasteiger partial charge in [-0.15, -0.1) is 0 Å². The number of amides is 2. The first kappa shape index (κ1) is 26.6. The van der Waals surface area contributed by atoms with Crippen molar-refractivity contribution in [2.45, 2.75) is 31.1 Å². The maximum absolute atomic E-state index is 12.6. The van der Waals surface area contributed by atoms with Crippen LogP contribution in [-0.4, -0.2) is 44.3 Å². The van der Waals surface area contributed by atoms with Crippen LogP contribution in [-0.2, 0) is 21.2 Å². The zero-order valence-electron chi connectivity index (χ0n) is 19.8. The fourth-order valence-electron chi connectivity index (χ4n) is 3.28. The highest BCUT2D eigenvalue weighted by molar-refractivity contribution is 7.90. The first-order valence-corrected chi connectivity index (χ1v) is 12.9. The van der Waals surface area contributed by atoms with Crippen LogP contribution in [0.25, 0.3) is 0 Å². The summed E-state index contributed by atoms with van der Waals surface area (Å²) in [5, 5.41) is 2.82. The van der Waals surface area contributed by atoms with Crippen LogP contribution in [0, 0.1) is 0 Å². The highest BCUT2D eigenvalue weighted by Gasteiger charge is 2.20. The quantitative estimate of drug-likeness (QED) is 0.300. The van der Waals surface area contributed by atoms with Gasteiger partial charge in [-0.1, -0.05) is 30.3 Å². The van der Waals surface area contributed by atoms with Gasteiger partial charge in [0.05, 0.1) is 17.1 Å². The minimum atomic E-state index is -4.19. The van der Waals surface area contributed by atoms with Crippen molar-refractivity contribution in [1.82, 2.24) is 15.0 Å². The molecule has 0 saturated carbocycles. The van der Waals surface area contributed by atoms with Crippen molar-refractivity contribution in [3.05, 3.63) is 95.3 Å². The Morgan fingerprint density at radius 3 is 2.19 bits per heavy atom. The van der Waals surface area contributed by atoms with Crippen molar-refractivity contribution in [2.75, 3.05) is 13.2 Å². The third-order valence-corrected chi connectivity index (χ3v) is 6.53. The molecule has 36 heavy (non-hydrogen) atoms. The number of hydrogen-bond acceptors (Lipinski definition) is 7. The lowest BCUT2D eigenvalue weighted by molar-refractivity contribution is 0.0519. The minimum Gasteiger partial charge on any atom is -0.461 e. The zero-order chi connectivity index (χ0) is 26.0. The van der Waals surface area contributed by atoms with Crippen LogP contribution in [0.3, 0.4) is 0 Å². The molecular formula is C26H27N3O6S. The van der Waals surface area contributed by atoms with Crippen LogP contribution in [0.2, 0.25) is 0 Å². The van der Waals surface area contributed by atoms with E-state index in [0.717, 1.165) is 25.5 Å². The summed E-state index contributed by atoms with van der Waals surface area (Å²) in [4.78, 5) is 40.0. The number of esters is 1. The molecule has 0 spiro atoms. The van der Waals surface area contributed by atoms with Crippen molar-refractivity contribution in [3.63, 3.8) is 0 Å². The molecule has 3 aromatic rings. The summed E-state index contributed by atoms with van der Waals surface area (Å²) in [6.45, 7) is 2.33. The van der Waals surface area contributed by atoms with Gasteiger partial charge in [-0.3, -0.25) is 9.59 Å². The molecule has 0 aliphatic carbocycles. The number of pyridine rings is 1. The summed E-state index contributed by atoms with van der Waals surface area (Å²) in [5.41, 5.74) is 1.51. The lowest BCUT2D eigenvalue weighted by Crippen LogP contribution is -2.31. The standard InChI is InChI=1S/C26H27N3O6S/c1-2-35-26(32)23-16-13-21(18-28-23)25(31)29-36(33,34)22-14-11-20(12-15-22)24(30)27-17-7-6-10-19-8-4-3-5-9-19/h3-5,8-9,11-16,18H,2,6-7,10,17H2,1H3,(H,27,30)(H,29,31).